The average molecular weight is 386 g/mol. The fraction of sp³-hybridized carbons (Fsp3) is 0.0556. The molecule has 0 radical (unpaired) electrons. The van der Waals surface area contributed by atoms with Crippen LogP contribution in [-0.4, -0.2) is 15.9 Å². The van der Waals surface area contributed by atoms with Crippen molar-refractivity contribution in [1.82, 2.24) is 9.97 Å². The van der Waals surface area contributed by atoms with Gasteiger partial charge in [0.1, 0.15) is 5.82 Å². The third kappa shape index (κ3) is 4.65. The van der Waals surface area contributed by atoms with Crippen LogP contribution < -0.4 is 16.4 Å². The first-order valence-corrected chi connectivity index (χ1v) is 8.90. The third-order valence-electron chi connectivity index (χ3n) is 3.31. The molecule has 0 aliphatic heterocycles. The van der Waals surface area contributed by atoms with Crippen LogP contribution in [0.15, 0.2) is 64.5 Å². The van der Waals surface area contributed by atoms with Crippen molar-refractivity contribution in [2.75, 3.05) is 16.4 Å². The van der Waals surface area contributed by atoms with Gasteiger partial charge in [-0.25, -0.2) is 4.98 Å². The number of hydrogen-bond donors (Lipinski definition) is 3. The molecule has 8 heteroatoms. The first kappa shape index (κ1) is 18.0. The van der Waals surface area contributed by atoms with E-state index in [9.17, 15) is 4.79 Å². The zero-order valence-corrected chi connectivity index (χ0v) is 15.4. The molecule has 0 unspecified atom stereocenters. The summed E-state index contributed by atoms with van der Waals surface area (Å²) in [4.78, 5) is 21.6. The largest absolute Gasteiger partial charge is 0.368 e. The minimum Gasteiger partial charge on any atom is -0.368 e. The number of nitrogens with two attached hydrogens (primary N) is 1. The van der Waals surface area contributed by atoms with E-state index in [0.29, 0.717) is 22.2 Å². The number of halogens is 1. The molecule has 0 aliphatic carbocycles. The van der Waals surface area contributed by atoms with Crippen molar-refractivity contribution >= 4 is 52.4 Å². The van der Waals surface area contributed by atoms with Crippen LogP contribution in [0.1, 0.15) is 6.92 Å². The van der Waals surface area contributed by atoms with Gasteiger partial charge in [-0.2, -0.15) is 4.98 Å². The summed E-state index contributed by atoms with van der Waals surface area (Å²) in [7, 11) is 0. The Bertz CT molecular complexity index is 933. The number of rotatable bonds is 5. The van der Waals surface area contributed by atoms with Crippen LogP contribution in [0, 0.1) is 0 Å². The number of nitrogens with one attached hydrogen (secondary N) is 2. The first-order chi connectivity index (χ1) is 12.5. The lowest BCUT2D eigenvalue weighted by atomic mass is 10.2. The molecule has 4 N–H and O–H groups in total. The quantitative estimate of drug-likeness (QED) is 0.596. The molecular formula is C18H16ClN5OS. The van der Waals surface area contributed by atoms with Gasteiger partial charge in [0, 0.05) is 23.0 Å². The molecule has 0 aliphatic rings. The van der Waals surface area contributed by atoms with Gasteiger partial charge >= 0.3 is 0 Å². The maximum atomic E-state index is 11.4. The molecule has 132 valence electrons. The zero-order valence-electron chi connectivity index (χ0n) is 13.9. The summed E-state index contributed by atoms with van der Waals surface area (Å²) < 4.78 is 0. The number of carbonyl (C=O) groups is 1. The van der Waals surface area contributed by atoms with Crippen molar-refractivity contribution in [3.8, 4) is 0 Å². The minimum absolute atomic E-state index is 0.155. The zero-order chi connectivity index (χ0) is 18.5. The van der Waals surface area contributed by atoms with Gasteiger partial charge in [-0.05, 0) is 36.4 Å². The summed E-state index contributed by atoms with van der Waals surface area (Å²) in [6.45, 7) is 1.46. The number of benzene rings is 2. The number of nitrogen functional groups attached to an aromatic ring is 1. The summed E-state index contributed by atoms with van der Waals surface area (Å²) in [5.41, 5.74) is 7.11. The molecule has 0 saturated heterocycles. The van der Waals surface area contributed by atoms with E-state index in [1.165, 1.54) is 18.7 Å². The van der Waals surface area contributed by atoms with Gasteiger partial charge in [0.25, 0.3) is 0 Å². The van der Waals surface area contributed by atoms with Crippen molar-refractivity contribution in [1.29, 1.82) is 0 Å². The van der Waals surface area contributed by atoms with Crippen LogP contribution in [-0.2, 0) is 4.79 Å². The van der Waals surface area contributed by atoms with Crippen LogP contribution in [0.25, 0.3) is 0 Å². The second kappa shape index (κ2) is 8.07. The Kier molecular flexibility index (Phi) is 5.60. The van der Waals surface area contributed by atoms with Crippen LogP contribution in [0.4, 0.5) is 23.1 Å². The number of para-hydroxylation sites is 2. The molecule has 0 bridgehead atoms. The summed E-state index contributed by atoms with van der Waals surface area (Å²) >= 11 is 7.42. The number of nitrogens with zero attached hydrogens (tertiary/aromatic N) is 2. The Morgan fingerprint density at radius 1 is 1.12 bits per heavy atom. The van der Waals surface area contributed by atoms with E-state index in [-0.39, 0.29) is 11.9 Å². The maximum Gasteiger partial charge on any atom is 0.222 e. The fourth-order valence-corrected chi connectivity index (χ4v) is 3.15. The van der Waals surface area contributed by atoms with Crippen molar-refractivity contribution in [2.24, 2.45) is 0 Å². The number of amides is 1. The molecule has 0 saturated carbocycles. The van der Waals surface area contributed by atoms with Crippen LogP contribution in [0.5, 0.6) is 0 Å². The summed E-state index contributed by atoms with van der Waals surface area (Å²) in [5, 5.41) is 6.68. The van der Waals surface area contributed by atoms with Gasteiger partial charge in [-0.3, -0.25) is 4.79 Å². The third-order valence-corrected chi connectivity index (χ3v) is 4.58. The van der Waals surface area contributed by atoms with Gasteiger partial charge < -0.3 is 16.4 Å². The lowest BCUT2D eigenvalue weighted by Gasteiger charge is -2.14. The highest BCUT2D eigenvalue weighted by atomic mass is 35.5. The molecule has 2 aromatic carbocycles. The first-order valence-electron chi connectivity index (χ1n) is 7.71. The molecule has 6 nitrogen and oxygen atoms in total. The van der Waals surface area contributed by atoms with Gasteiger partial charge in [0.2, 0.25) is 11.9 Å². The standard InChI is InChI=1S/C18H16ClN5OS/c1-11(25)22-14-4-2-3-5-15(14)23-17-16(10-21-18(20)24-17)26-13-8-6-12(19)7-9-13/h2-10H,1H3,(H,22,25)(H3,20,21,23,24). The summed E-state index contributed by atoms with van der Waals surface area (Å²) in [5.74, 6) is 0.553. The van der Waals surface area contributed by atoms with E-state index >= 15 is 0 Å². The molecule has 0 fully saturated rings. The molecule has 3 rings (SSSR count). The van der Waals surface area contributed by atoms with E-state index < -0.39 is 0 Å². The smallest absolute Gasteiger partial charge is 0.222 e. The second-order valence-corrected chi connectivity index (χ2v) is 6.90. The maximum absolute atomic E-state index is 11.4. The normalized spacial score (nSPS) is 10.4. The predicted molar refractivity (Wildman–Crippen MR) is 106 cm³/mol. The fourth-order valence-electron chi connectivity index (χ4n) is 2.20. The molecule has 1 aromatic heterocycles. The summed E-state index contributed by atoms with van der Waals surface area (Å²) in [6.07, 6.45) is 1.66. The van der Waals surface area contributed by atoms with E-state index in [4.69, 9.17) is 17.3 Å². The van der Waals surface area contributed by atoms with Crippen molar-refractivity contribution in [2.45, 2.75) is 16.7 Å². The highest BCUT2D eigenvalue weighted by Crippen LogP contribution is 2.35. The Morgan fingerprint density at radius 2 is 1.81 bits per heavy atom. The van der Waals surface area contributed by atoms with E-state index in [2.05, 4.69) is 20.6 Å². The van der Waals surface area contributed by atoms with Crippen LogP contribution in [0.2, 0.25) is 5.02 Å². The molecular weight excluding hydrogens is 370 g/mol. The van der Waals surface area contributed by atoms with Crippen molar-refractivity contribution in [3.05, 3.63) is 59.8 Å². The Hall–Kier alpha value is -2.77. The number of aromatic nitrogens is 2. The lowest BCUT2D eigenvalue weighted by molar-refractivity contribution is -0.114. The highest BCUT2D eigenvalue weighted by Gasteiger charge is 2.11. The lowest BCUT2D eigenvalue weighted by Crippen LogP contribution is -2.09. The van der Waals surface area contributed by atoms with Gasteiger partial charge in [0.15, 0.2) is 0 Å². The Morgan fingerprint density at radius 3 is 2.50 bits per heavy atom. The summed E-state index contributed by atoms with van der Waals surface area (Å²) in [6, 6.07) is 14.8. The molecule has 26 heavy (non-hydrogen) atoms. The molecule has 1 heterocycles. The highest BCUT2D eigenvalue weighted by molar-refractivity contribution is 7.99. The topological polar surface area (TPSA) is 92.9 Å². The van der Waals surface area contributed by atoms with E-state index in [1.807, 2.05) is 42.5 Å². The number of hydrogen-bond acceptors (Lipinski definition) is 6. The minimum atomic E-state index is -0.155. The monoisotopic (exact) mass is 385 g/mol. The van der Waals surface area contributed by atoms with Crippen LogP contribution in [0.3, 0.4) is 0 Å². The van der Waals surface area contributed by atoms with E-state index in [0.717, 1.165) is 9.79 Å². The number of carbonyl (C=O) groups excluding carboxylic acids is 1. The predicted octanol–water partition coefficient (Wildman–Crippen LogP) is 4.57. The van der Waals surface area contributed by atoms with Gasteiger partial charge in [-0.15, -0.1) is 0 Å². The van der Waals surface area contributed by atoms with E-state index in [1.54, 1.807) is 12.3 Å². The van der Waals surface area contributed by atoms with Crippen molar-refractivity contribution < 1.29 is 4.79 Å². The average Bonchev–Trinajstić information content (AvgIpc) is 2.60. The Balaban J connectivity index is 1.91. The van der Waals surface area contributed by atoms with Crippen molar-refractivity contribution in [3.63, 3.8) is 0 Å². The molecule has 0 atom stereocenters. The van der Waals surface area contributed by atoms with Gasteiger partial charge in [-0.1, -0.05) is 35.5 Å². The Labute approximate surface area is 160 Å². The van der Waals surface area contributed by atoms with Crippen LogP contribution >= 0.6 is 23.4 Å². The molecule has 0 spiro atoms. The number of anilines is 4. The molecule has 3 aromatic rings. The SMILES string of the molecule is CC(=O)Nc1ccccc1Nc1nc(N)ncc1Sc1ccc(Cl)cc1. The molecule has 1 amide bonds. The van der Waals surface area contributed by atoms with Gasteiger partial charge in [0.05, 0.1) is 16.3 Å². The second-order valence-electron chi connectivity index (χ2n) is 5.35.